The molecule has 0 saturated carbocycles. The van der Waals surface area contributed by atoms with Crippen molar-refractivity contribution in [1.82, 2.24) is 5.32 Å². The van der Waals surface area contributed by atoms with E-state index >= 15 is 0 Å². The lowest BCUT2D eigenvalue weighted by Gasteiger charge is -2.23. The fraction of sp³-hybridized carbons (Fsp3) is 0.467. The van der Waals surface area contributed by atoms with Gasteiger partial charge in [0.1, 0.15) is 0 Å². The minimum Gasteiger partial charge on any atom is -0.449 e. The van der Waals surface area contributed by atoms with Gasteiger partial charge in [-0.15, -0.1) is 0 Å². The maximum absolute atomic E-state index is 12.1. The molecule has 0 spiro atoms. The molecule has 0 aliphatic carbocycles. The van der Waals surface area contributed by atoms with Gasteiger partial charge in [-0.1, -0.05) is 12.1 Å². The first-order valence-corrected chi connectivity index (χ1v) is 8.63. The average Bonchev–Trinajstić information content (AvgIpc) is 2.35. The van der Waals surface area contributed by atoms with Crippen molar-refractivity contribution < 1.29 is 22.7 Å². The summed E-state index contributed by atoms with van der Waals surface area (Å²) in [6, 6.07) is 5.73. The number of hydrogen-bond donors (Lipinski definition) is 1. The molecule has 22 heavy (non-hydrogen) atoms. The number of esters is 1. The summed E-state index contributed by atoms with van der Waals surface area (Å²) < 4.78 is 28.4. The van der Waals surface area contributed by atoms with Gasteiger partial charge in [-0.25, -0.2) is 13.2 Å². The second-order valence-corrected chi connectivity index (χ2v) is 8.04. The summed E-state index contributed by atoms with van der Waals surface area (Å²) in [4.78, 5) is 23.9. The monoisotopic (exact) mass is 327 g/mol. The van der Waals surface area contributed by atoms with Crippen molar-refractivity contribution in [3.05, 3.63) is 29.8 Å². The fourth-order valence-electron chi connectivity index (χ4n) is 1.71. The quantitative estimate of drug-likeness (QED) is 0.848. The number of sulfone groups is 1. The Morgan fingerprint density at radius 1 is 1.18 bits per heavy atom. The predicted molar refractivity (Wildman–Crippen MR) is 82.3 cm³/mol. The van der Waals surface area contributed by atoms with Gasteiger partial charge in [0.05, 0.1) is 10.5 Å². The molecule has 122 valence electrons. The van der Waals surface area contributed by atoms with Crippen molar-refractivity contribution in [2.75, 3.05) is 6.26 Å². The van der Waals surface area contributed by atoms with Gasteiger partial charge in [-0.3, -0.25) is 4.79 Å². The maximum Gasteiger partial charge on any atom is 0.340 e. The van der Waals surface area contributed by atoms with E-state index < -0.39 is 33.4 Å². The molecule has 0 aliphatic rings. The largest absolute Gasteiger partial charge is 0.449 e. The Balaban J connectivity index is 2.93. The van der Waals surface area contributed by atoms with Crippen LogP contribution in [0, 0.1) is 0 Å². The summed E-state index contributed by atoms with van der Waals surface area (Å²) in [5, 5.41) is 2.69. The second kappa shape index (κ2) is 6.48. The number of carbonyl (C=O) groups excluding carboxylic acids is 2. The van der Waals surface area contributed by atoms with Gasteiger partial charge in [0.25, 0.3) is 5.91 Å². The normalized spacial score (nSPS) is 13.3. The molecule has 1 unspecified atom stereocenters. The van der Waals surface area contributed by atoms with Crippen molar-refractivity contribution in [3.8, 4) is 0 Å². The summed E-state index contributed by atoms with van der Waals surface area (Å²) in [5.41, 5.74) is -0.539. The van der Waals surface area contributed by atoms with Crippen molar-refractivity contribution in [1.29, 1.82) is 0 Å². The number of rotatable bonds is 4. The van der Waals surface area contributed by atoms with Crippen LogP contribution in [0.5, 0.6) is 0 Å². The first-order valence-electron chi connectivity index (χ1n) is 6.74. The average molecular weight is 327 g/mol. The van der Waals surface area contributed by atoms with Crippen molar-refractivity contribution >= 4 is 21.7 Å². The molecule has 0 radical (unpaired) electrons. The van der Waals surface area contributed by atoms with Gasteiger partial charge in [0, 0.05) is 11.8 Å². The van der Waals surface area contributed by atoms with Gasteiger partial charge in [0.15, 0.2) is 15.9 Å². The van der Waals surface area contributed by atoms with Crippen LogP contribution in [0.15, 0.2) is 29.2 Å². The van der Waals surface area contributed by atoms with E-state index in [1.54, 1.807) is 20.8 Å². The number of amides is 1. The van der Waals surface area contributed by atoms with Crippen LogP contribution >= 0.6 is 0 Å². The summed E-state index contributed by atoms with van der Waals surface area (Å²) in [6.07, 6.45) is -0.0196. The third kappa shape index (κ3) is 5.14. The number of benzene rings is 1. The highest BCUT2D eigenvalue weighted by Gasteiger charge is 2.25. The zero-order valence-corrected chi connectivity index (χ0v) is 14.2. The fourth-order valence-corrected chi connectivity index (χ4v) is 2.58. The van der Waals surface area contributed by atoms with Crippen LogP contribution in [0.25, 0.3) is 0 Å². The Morgan fingerprint density at radius 3 is 2.23 bits per heavy atom. The van der Waals surface area contributed by atoms with Crippen molar-refractivity contribution in [3.63, 3.8) is 0 Å². The number of nitrogens with one attached hydrogen (secondary N) is 1. The Bertz CT molecular complexity index is 673. The van der Waals surface area contributed by atoms with Crippen LogP contribution in [0.4, 0.5) is 0 Å². The summed E-state index contributed by atoms with van der Waals surface area (Å²) in [7, 11) is -3.56. The Kier molecular flexibility index (Phi) is 5.35. The highest BCUT2D eigenvalue weighted by atomic mass is 32.2. The lowest BCUT2D eigenvalue weighted by molar-refractivity contribution is -0.130. The van der Waals surface area contributed by atoms with Gasteiger partial charge in [-0.2, -0.15) is 0 Å². The van der Waals surface area contributed by atoms with Crippen LogP contribution in [0.1, 0.15) is 38.1 Å². The molecule has 1 amide bonds. The van der Waals surface area contributed by atoms with E-state index in [0.717, 1.165) is 6.26 Å². The van der Waals surface area contributed by atoms with Crippen LogP contribution in [0.2, 0.25) is 0 Å². The highest BCUT2D eigenvalue weighted by Crippen LogP contribution is 2.17. The third-order valence-electron chi connectivity index (χ3n) is 2.66. The molecule has 6 nitrogen and oxygen atoms in total. The molecule has 1 aromatic rings. The van der Waals surface area contributed by atoms with E-state index in [2.05, 4.69) is 5.32 Å². The van der Waals surface area contributed by atoms with Gasteiger partial charge < -0.3 is 10.1 Å². The molecule has 1 N–H and O–H groups in total. The number of carbonyl (C=O) groups is 2. The van der Waals surface area contributed by atoms with Crippen molar-refractivity contribution in [2.24, 2.45) is 0 Å². The smallest absolute Gasteiger partial charge is 0.340 e. The zero-order valence-electron chi connectivity index (χ0n) is 13.3. The van der Waals surface area contributed by atoms with Crippen LogP contribution in [-0.2, 0) is 19.4 Å². The van der Waals surface area contributed by atoms with Gasteiger partial charge in [-0.05, 0) is 39.8 Å². The summed E-state index contributed by atoms with van der Waals surface area (Å²) in [6.45, 7) is 6.84. The molecule has 1 rings (SSSR count). The van der Waals surface area contributed by atoms with E-state index in [9.17, 15) is 18.0 Å². The molecule has 0 fully saturated rings. The lowest BCUT2D eigenvalue weighted by Crippen LogP contribution is -2.46. The standard InChI is InChI=1S/C15H21NO5S/c1-10(13(17)16-15(2,3)4)21-14(18)11-8-6-7-9-12(11)22(5,19)20/h6-10H,1-5H3,(H,16,17). The Morgan fingerprint density at radius 2 is 1.73 bits per heavy atom. The molecular weight excluding hydrogens is 306 g/mol. The topological polar surface area (TPSA) is 89.5 Å². The van der Waals surface area contributed by atoms with E-state index in [1.807, 2.05) is 0 Å². The van der Waals surface area contributed by atoms with Crippen LogP contribution in [-0.4, -0.2) is 38.2 Å². The lowest BCUT2D eigenvalue weighted by atomic mass is 10.1. The first-order chi connectivity index (χ1) is 9.92. The molecular formula is C15H21NO5S. The zero-order chi connectivity index (χ0) is 17.1. The Labute approximate surface area is 130 Å². The molecule has 0 aliphatic heterocycles. The molecule has 1 atom stereocenters. The molecule has 7 heteroatoms. The minimum absolute atomic E-state index is 0.0830. The molecule has 0 saturated heterocycles. The van der Waals surface area contributed by atoms with Gasteiger partial charge in [0.2, 0.25) is 0 Å². The molecule has 0 aromatic heterocycles. The first kappa shape index (κ1) is 18.2. The SMILES string of the molecule is CC(OC(=O)c1ccccc1S(C)(=O)=O)C(=O)NC(C)(C)C. The summed E-state index contributed by atoms with van der Waals surface area (Å²) in [5.74, 6) is -1.30. The summed E-state index contributed by atoms with van der Waals surface area (Å²) >= 11 is 0. The number of ether oxygens (including phenoxy) is 1. The van der Waals surface area contributed by atoms with Crippen LogP contribution in [0.3, 0.4) is 0 Å². The molecule has 1 aromatic carbocycles. The van der Waals surface area contributed by atoms with Gasteiger partial charge >= 0.3 is 5.97 Å². The van der Waals surface area contributed by atoms with Crippen LogP contribution < -0.4 is 5.32 Å². The molecule has 0 bridgehead atoms. The second-order valence-electron chi connectivity index (χ2n) is 6.06. The third-order valence-corrected chi connectivity index (χ3v) is 3.81. The van der Waals surface area contributed by atoms with Crippen molar-refractivity contribution in [2.45, 2.75) is 44.2 Å². The minimum atomic E-state index is -3.56. The highest BCUT2D eigenvalue weighted by molar-refractivity contribution is 7.90. The van der Waals surface area contributed by atoms with E-state index in [1.165, 1.54) is 31.2 Å². The number of hydrogen-bond acceptors (Lipinski definition) is 5. The predicted octanol–water partition coefficient (Wildman–Crippen LogP) is 1.55. The molecule has 0 heterocycles. The van der Waals surface area contributed by atoms with E-state index in [4.69, 9.17) is 4.74 Å². The maximum atomic E-state index is 12.1. The van der Waals surface area contributed by atoms with E-state index in [0.29, 0.717) is 0 Å². The van der Waals surface area contributed by atoms with E-state index in [-0.39, 0.29) is 10.5 Å². The Hall–Kier alpha value is -1.89.